The van der Waals surface area contributed by atoms with Crippen molar-refractivity contribution in [3.8, 4) is 44.9 Å². The van der Waals surface area contributed by atoms with Crippen LogP contribution in [0.25, 0.3) is 33.4 Å². The van der Waals surface area contributed by atoms with Crippen molar-refractivity contribution in [2.75, 3.05) is 0 Å². The number of halogens is 12. The van der Waals surface area contributed by atoms with Crippen LogP contribution < -0.4 is 9.47 Å². The lowest BCUT2D eigenvalue weighted by Crippen LogP contribution is -2.25. The Bertz CT molecular complexity index is 2040. The molecule has 0 fully saturated rings. The molecule has 0 atom stereocenters. The van der Waals surface area contributed by atoms with Crippen LogP contribution in [0, 0.1) is 40.7 Å². The average Bonchev–Trinajstić information content (AvgIpc) is 3.02. The van der Waals surface area contributed by atoms with Gasteiger partial charge in [0.2, 0.25) is 5.75 Å². The molecule has 0 unspecified atom stereocenters. The minimum Gasteiger partial charge on any atom is -0.429 e. The van der Waals surface area contributed by atoms with Gasteiger partial charge in [-0.1, -0.05) is 49.7 Å². The maximum absolute atomic E-state index is 15.2. The number of benzene rings is 5. The second-order valence-corrected chi connectivity index (χ2v) is 10.7. The molecule has 0 spiro atoms. The zero-order chi connectivity index (χ0) is 36.5. The first kappa shape index (κ1) is 35.9. The van der Waals surface area contributed by atoms with Gasteiger partial charge in [-0.05, 0) is 64.6 Å². The second-order valence-electron chi connectivity index (χ2n) is 10.7. The Morgan fingerprint density at radius 3 is 1.62 bits per heavy atom. The van der Waals surface area contributed by atoms with Gasteiger partial charge in [-0.25, -0.2) is 30.7 Å². The molecule has 0 aliphatic carbocycles. The van der Waals surface area contributed by atoms with Crippen LogP contribution in [0.1, 0.15) is 24.5 Å². The van der Waals surface area contributed by atoms with Crippen molar-refractivity contribution >= 4 is 0 Å². The summed E-state index contributed by atoms with van der Waals surface area (Å²) < 4.78 is 179. The molecule has 0 amide bonds. The van der Waals surface area contributed by atoms with Crippen LogP contribution in [0.5, 0.6) is 11.5 Å². The van der Waals surface area contributed by atoms with Crippen molar-refractivity contribution in [2.24, 2.45) is 0 Å². The number of rotatable bonds is 10. The zero-order valence-electron chi connectivity index (χ0n) is 25.3. The maximum Gasteiger partial charge on any atom is 0.432 e. The largest absolute Gasteiger partial charge is 0.432 e. The molecular formula is C36H20F12O2. The van der Waals surface area contributed by atoms with Gasteiger partial charge in [0.05, 0.1) is 5.56 Å². The van der Waals surface area contributed by atoms with Crippen LogP contribution in [0.4, 0.5) is 52.7 Å². The van der Waals surface area contributed by atoms with E-state index >= 15 is 13.2 Å². The summed E-state index contributed by atoms with van der Waals surface area (Å²) in [6.45, 7) is 2.03. The van der Waals surface area contributed by atoms with Gasteiger partial charge in [0, 0.05) is 17.7 Å². The number of aryl methyl sites for hydroxylation is 1. The van der Waals surface area contributed by atoms with Crippen molar-refractivity contribution in [3.05, 3.63) is 143 Å². The van der Waals surface area contributed by atoms with Gasteiger partial charge in [-0.15, -0.1) is 0 Å². The lowest BCUT2D eigenvalue weighted by atomic mass is 9.95. The van der Waals surface area contributed by atoms with E-state index in [-0.39, 0.29) is 35.4 Å². The normalized spacial score (nSPS) is 11.5. The Balaban J connectivity index is 1.42. The quantitative estimate of drug-likeness (QED) is 0.106. The molecule has 0 N–H and O–H groups in total. The van der Waals surface area contributed by atoms with Crippen molar-refractivity contribution in [2.45, 2.75) is 25.9 Å². The molecule has 14 heteroatoms. The van der Waals surface area contributed by atoms with E-state index in [2.05, 4.69) is 9.47 Å². The van der Waals surface area contributed by atoms with E-state index in [4.69, 9.17) is 0 Å². The third-order valence-corrected chi connectivity index (χ3v) is 7.33. The molecule has 5 rings (SSSR count). The Kier molecular flexibility index (Phi) is 10.2. The predicted molar refractivity (Wildman–Crippen MR) is 158 cm³/mol. The Labute approximate surface area is 275 Å². The monoisotopic (exact) mass is 712 g/mol. The van der Waals surface area contributed by atoms with Gasteiger partial charge in [0.1, 0.15) is 40.4 Å². The second kappa shape index (κ2) is 14.2. The summed E-state index contributed by atoms with van der Waals surface area (Å²) >= 11 is 0. The standard InChI is InChI=1S/C36H20F12O2/c1-2-3-17-4-6-18(7-5-17)19-8-9-23(24(37)10-19)20-11-25(38)31(26(39)12-20)21-13-27(40)32(28(41)14-21)36(47,48)50-22-15-29(42)33(30(43)16-22)49-35(46)34(44)45/h4-16H,2-3H2,1H3. The van der Waals surface area contributed by atoms with Crippen LogP contribution in [0.3, 0.4) is 0 Å². The molecule has 0 aliphatic rings. The SMILES string of the molecule is CCCc1ccc(-c2ccc(-c3cc(F)c(-c4cc(F)c(C(F)(F)Oc5cc(F)c(OC(F)=C(F)F)c(F)c5)c(F)c4)c(F)c3)c(F)c2)cc1. The van der Waals surface area contributed by atoms with E-state index in [9.17, 15) is 39.5 Å². The summed E-state index contributed by atoms with van der Waals surface area (Å²) in [5.74, 6) is -15.1. The molecule has 0 aliphatic heterocycles. The van der Waals surface area contributed by atoms with Gasteiger partial charge in [0.25, 0.3) is 0 Å². The van der Waals surface area contributed by atoms with Gasteiger partial charge >= 0.3 is 18.2 Å². The van der Waals surface area contributed by atoms with Crippen LogP contribution in [-0.2, 0) is 12.5 Å². The van der Waals surface area contributed by atoms with Crippen LogP contribution in [0.2, 0.25) is 0 Å². The number of hydrogen-bond acceptors (Lipinski definition) is 2. The Morgan fingerprint density at radius 2 is 1.10 bits per heavy atom. The highest BCUT2D eigenvalue weighted by molar-refractivity contribution is 5.75. The number of alkyl halides is 2. The molecule has 0 radical (unpaired) electrons. The topological polar surface area (TPSA) is 18.5 Å². The lowest BCUT2D eigenvalue weighted by molar-refractivity contribution is -0.189. The van der Waals surface area contributed by atoms with E-state index < -0.39 is 87.1 Å². The van der Waals surface area contributed by atoms with Crippen molar-refractivity contribution in [3.63, 3.8) is 0 Å². The predicted octanol–water partition coefficient (Wildman–Crippen LogP) is 12.2. The fourth-order valence-electron chi connectivity index (χ4n) is 5.10. The fourth-order valence-corrected chi connectivity index (χ4v) is 5.10. The number of ether oxygens (including phenoxy) is 2. The van der Waals surface area contributed by atoms with Gasteiger partial charge < -0.3 is 9.47 Å². The number of hydrogen-bond donors (Lipinski definition) is 0. The maximum atomic E-state index is 15.2. The van der Waals surface area contributed by atoms with Gasteiger partial charge in [0.15, 0.2) is 11.6 Å². The highest BCUT2D eigenvalue weighted by Crippen LogP contribution is 2.40. The van der Waals surface area contributed by atoms with Crippen molar-refractivity contribution in [1.29, 1.82) is 0 Å². The molecule has 0 saturated carbocycles. The van der Waals surface area contributed by atoms with Gasteiger partial charge in [-0.3, -0.25) is 0 Å². The summed E-state index contributed by atoms with van der Waals surface area (Å²) in [6.07, 6.45) is -6.33. The van der Waals surface area contributed by atoms with E-state index in [0.717, 1.165) is 24.5 Å². The first-order valence-corrected chi connectivity index (χ1v) is 14.4. The van der Waals surface area contributed by atoms with E-state index in [0.29, 0.717) is 23.3 Å². The minimum atomic E-state index is -5.04. The summed E-state index contributed by atoms with van der Waals surface area (Å²) in [5, 5.41) is 0. The summed E-state index contributed by atoms with van der Waals surface area (Å²) in [4.78, 5) is 0. The first-order valence-electron chi connectivity index (χ1n) is 14.4. The molecule has 0 heterocycles. The van der Waals surface area contributed by atoms with E-state index in [1.54, 1.807) is 12.1 Å². The van der Waals surface area contributed by atoms with Crippen LogP contribution in [-0.4, -0.2) is 0 Å². The highest BCUT2D eigenvalue weighted by Gasteiger charge is 2.42. The van der Waals surface area contributed by atoms with E-state index in [1.165, 1.54) is 12.1 Å². The molecule has 50 heavy (non-hydrogen) atoms. The van der Waals surface area contributed by atoms with Crippen molar-refractivity contribution < 1.29 is 62.2 Å². The fraction of sp³-hybridized carbons (Fsp3) is 0.111. The van der Waals surface area contributed by atoms with Gasteiger partial charge in [-0.2, -0.15) is 22.0 Å². The summed E-state index contributed by atoms with van der Waals surface area (Å²) in [7, 11) is 0. The third-order valence-electron chi connectivity index (χ3n) is 7.33. The average molecular weight is 713 g/mol. The summed E-state index contributed by atoms with van der Waals surface area (Å²) in [5.41, 5.74) is -2.33. The molecule has 260 valence electrons. The van der Waals surface area contributed by atoms with Crippen molar-refractivity contribution in [1.82, 2.24) is 0 Å². The molecule has 0 bridgehead atoms. The summed E-state index contributed by atoms with van der Waals surface area (Å²) in [6, 6.07) is 10.1. The molecule has 0 saturated heterocycles. The van der Waals surface area contributed by atoms with Crippen LogP contribution >= 0.6 is 0 Å². The third kappa shape index (κ3) is 7.43. The Hall–Kier alpha value is -5.40. The molecule has 5 aromatic rings. The smallest absolute Gasteiger partial charge is 0.429 e. The Morgan fingerprint density at radius 1 is 0.580 bits per heavy atom. The molecule has 0 aromatic heterocycles. The zero-order valence-corrected chi connectivity index (χ0v) is 25.3. The molecular weight excluding hydrogens is 692 g/mol. The van der Waals surface area contributed by atoms with Crippen LogP contribution in [0.15, 0.2) is 91.0 Å². The lowest BCUT2D eigenvalue weighted by Gasteiger charge is -2.20. The first-order chi connectivity index (χ1) is 23.6. The van der Waals surface area contributed by atoms with E-state index in [1.807, 2.05) is 19.1 Å². The highest BCUT2D eigenvalue weighted by atomic mass is 19.3. The minimum absolute atomic E-state index is 0.0761. The molecule has 5 aromatic carbocycles. The molecule has 2 nitrogen and oxygen atoms in total.